The Hall–Kier alpha value is -2.99. The number of halogens is 1. The summed E-state index contributed by atoms with van der Waals surface area (Å²) in [6.45, 7) is 0. The zero-order valence-electron chi connectivity index (χ0n) is 18.1. The molecular weight excluding hydrogens is 430 g/mol. The van der Waals surface area contributed by atoms with Crippen molar-refractivity contribution in [1.82, 2.24) is 4.90 Å². The SMILES string of the molecule is COc1ccc(Cl)cc1/C(O)=C1\C(=O)C(=O)N(C2CCCCC2)C1c1ccccc1OC. The first-order chi connectivity index (χ1) is 15.5. The fourth-order valence-electron chi connectivity index (χ4n) is 4.79. The Morgan fingerprint density at radius 2 is 1.69 bits per heavy atom. The molecule has 1 saturated heterocycles. The minimum atomic E-state index is -0.766. The van der Waals surface area contributed by atoms with Crippen molar-refractivity contribution < 1.29 is 24.2 Å². The smallest absolute Gasteiger partial charge is 0.295 e. The number of hydrogen-bond donors (Lipinski definition) is 1. The van der Waals surface area contributed by atoms with E-state index >= 15 is 0 Å². The van der Waals surface area contributed by atoms with Gasteiger partial charge in [-0.2, -0.15) is 0 Å². The fourth-order valence-corrected chi connectivity index (χ4v) is 4.97. The lowest BCUT2D eigenvalue weighted by Gasteiger charge is -2.35. The van der Waals surface area contributed by atoms with Gasteiger partial charge in [0.1, 0.15) is 17.3 Å². The number of ether oxygens (including phenoxy) is 2. The number of likely N-dealkylation sites (tertiary alicyclic amines) is 1. The van der Waals surface area contributed by atoms with Crippen LogP contribution in [0.2, 0.25) is 5.02 Å². The Balaban J connectivity index is 1.95. The molecule has 1 N–H and O–H groups in total. The molecule has 6 nitrogen and oxygen atoms in total. The number of benzene rings is 2. The lowest BCUT2D eigenvalue weighted by atomic mass is 9.90. The fraction of sp³-hybridized carbons (Fsp3) is 0.360. The summed E-state index contributed by atoms with van der Waals surface area (Å²) in [4.78, 5) is 28.2. The van der Waals surface area contributed by atoms with E-state index in [-0.39, 0.29) is 22.9 Å². The van der Waals surface area contributed by atoms with Crippen LogP contribution >= 0.6 is 11.6 Å². The summed E-state index contributed by atoms with van der Waals surface area (Å²) in [6.07, 6.45) is 4.74. The number of aliphatic hydroxyl groups is 1. The van der Waals surface area contributed by atoms with Crippen LogP contribution in [-0.4, -0.2) is 42.0 Å². The quantitative estimate of drug-likeness (QED) is 0.385. The van der Waals surface area contributed by atoms with E-state index in [1.165, 1.54) is 13.2 Å². The van der Waals surface area contributed by atoms with E-state index in [9.17, 15) is 14.7 Å². The molecule has 1 saturated carbocycles. The third-order valence-electron chi connectivity index (χ3n) is 6.30. The van der Waals surface area contributed by atoms with Crippen LogP contribution in [0.4, 0.5) is 0 Å². The molecule has 1 amide bonds. The predicted molar refractivity (Wildman–Crippen MR) is 122 cm³/mol. The molecule has 2 aliphatic rings. The molecule has 0 spiro atoms. The summed E-state index contributed by atoms with van der Waals surface area (Å²) in [5.74, 6) is -0.725. The molecule has 2 aromatic carbocycles. The number of nitrogens with zero attached hydrogens (tertiary/aromatic N) is 1. The van der Waals surface area contributed by atoms with Gasteiger partial charge in [-0.05, 0) is 37.1 Å². The van der Waals surface area contributed by atoms with Crippen LogP contribution in [-0.2, 0) is 9.59 Å². The molecule has 0 bridgehead atoms. The number of methoxy groups -OCH3 is 2. The summed E-state index contributed by atoms with van der Waals surface area (Å²) in [6, 6.07) is 11.2. The van der Waals surface area contributed by atoms with E-state index in [1.54, 1.807) is 30.2 Å². The van der Waals surface area contributed by atoms with E-state index < -0.39 is 17.7 Å². The van der Waals surface area contributed by atoms with Crippen molar-refractivity contribution in [3.63, 3.8) is 0 Å². The molecular formula is C25H26ClNO5. The van der Waals surface area contributed by atoms with Crippen molar-refractivity contribution in [1.29, 1.82) is 0 Å². The average molecular weight is 456 g/mol. The van der Waals surface area contributed by atoms with Gasteiger partial charge in [-0.3, -0.25) is 9.59 Å². The molecule has 4 rings (SSSR count). The van der Waals surface area contributed by atoms with Crippen LogP contribution in [0, 0.1) is 0 Å². The second-order valence-corrected chi connectivity index (χ2v) is 8.52. The number of para-hydroxylation sites is 1. The highest BCUT2D eigenvalue weighted by molar-refractivity contribution is 6.46. The molecule has 2 fully saturated rings. The standard InChI is InChI=1S/C25H26ClNO5/c1-31-19-11-7-6-10-17(19)22-21(23(28)18-14-15(26)12-13-20(18)32-2)24(29)25(30)27(22)16-8-4-3-5-9-16/h6-7,10-14,16,22,28H,3-5,8-9H2,1-2H3/b23-21+. The van der Waals surface area contributed by atoms with Crippen LogP contribution in [0.15, 0.2) is 48.0 Å². The van der Waals surface area contributed by atoms with Gasteiger partial charge in [0.15, 0.2) is 0 Å². The second-order valence-electron chi connectivity index (χ2n) is 8.08. The van der Waals surface area contributed by atoms with Crippen LogP contribution in [0.25, 0.3) is 5.76 Å². The minimum absolute atomic E-state index is 0.0191. The molecule has 1 atom stereocenters. The lowest BCUT2D eigenvalue weighted by molar-refractivity contribution is -0.141. The molecule has 2 aromatic rings. The average Bonchev–Trinajstić information content (AvgIpc) is 3.09. The number of amides is 1. The topological polar surface area (TPSA) is 76.1 Å². The molecule has 1 aliphatic heterocycles. The molecule has 1 aliphatic carbocycles. The Morgan fingerprint density at radius 3 is 2.38 bits per heavy atom. The first-order valence-electron chi connectivity index (χ1n) is 10.7. The van der Waals surface area contributed by atoms with Crippen molar-refractivity contribution in [3.05, 3.63) is 64.2 Å². The Morgan fingerprint density at radius 1 is 1.00 bits per heavy atom. The number of Topliss-reactive ketones (excluding diaryl/α,β-unsaturated/α-hetero) is 1. The highest BCUT2D eigenvalue weighted by atomic mass is 35.5. The van der Waals surface area contributed by atoms with Gasteiger partial charge in [-0.25, -0.2) is 0 Å². The van der Waals surface area contributed by atoms with Crippen molar-refractivity contribution >= 4 is 29.1 Å². The first kappa shape index (κ1) is 22.2. The second kappa shape index (κ2) is 9.25. The highest BCUT2D eigenvalue weighted by Gasteiger charge is 2.49. The third kappa shape index (κ3) is 3.84. The van der Waals surface area contributed by atoms with Gasteiger partial charge in [0.05, 0.1) is 31.4 Å². The Labute approximate surface area is 192 Å². The van der Waals surface area contributed by atoms with E-state index in [0.29, 0.717) is 22.1 Å². The van der Waals surface area contributed by atoms with Gasteiger partial charge in [-0.15, -0.1) is 0 Å². The van der Waals surface area contributed by atoms with Crippen LogP contribution in [0.1, 0.15) is 49.3 Å². The van der Waals surface area contributed by atoms with E-state index in [2.05, 4.69) is 0 Å². The minimum Gasteiger partial charge on any atom is -0.507 e. The molecule has 32 heavy (non-hydrogen) atoms. The third-order valence-corrected chi connectivity index (χ3v) is 6.53. The first-order valence-corrected chi connectivity index (χ1v) is 11.1. The van der Waals surface area contributed by atoms with Crippen molar-refractivity contribution in [2.24, 2.45) is 0 Å². The summed E-state index contributed by atoms with van der Waals surface area (Å²) < 4.78 is 10.9. The molecule has 1 unspecified atom stereocenters. The van der Waals surface area contributed by atoms with Gasteiger partial charge >= 0.3 is 0 Å². The largest absolute Gasteiger partial charge is 0.507 e. The maximum atomic E-state index is 13.3. The number of aliphatic hydroxyl groups excluding tert-OH is 1. The number of hydrogen-bond acceptors (Lipinski definition) is 5. The zero-order valence-corrected chi connectivity index (χ0v) is 18.9. The number of ketones is 1. The van der Waals surface area contributed by atoms with Crippen molar-refractivity contribution in [2.75, 3.05) is 14.2 Å². The zero-order chi connectivity index (χ0) is 22.8. The molecule has 7 heteroatoms. The normalized spacial score (nSPS) is 21.1. The summed E-state index contributed by atoms with van der Waals surface area (Å²) in [5, 5.41) is 11.7. The van der Waals surface area contributed by atoms with Gasteiger partial charge in [0, 0.05) is 16.6 Å². The summed E-state index contributed by atoms with van der Waals surface area (Å²) in [7, 11) is 3.02. The summed E-state index contributed by atoms with van der Waals surface area (Å²) in [5.41, 5.74) is 0.939. The Kier molecular flexibility index (Phi) is 6.42. The van der Waals surface area contributed by atoms with E-state index in [1.807, 2.05) is 18.2 Å². The number of carbonyl (C=O) groups is 2. The molecule has 0 aromatic heterocycles. The van der Waals surface area contributed by atoms with E-state index in [0.717, 1.165) is 32.1 Å². The number of carbonyl (C=O) groups excluding carboxylic acids is 2. The van der Waals surface area contributed by atoms with Crippen LogP contribution in [0.3, 0.4) is 0 Å². The maximum absolute atomic E-state index is 13.3. The van der Waals surface area contributed by atoms with Crippen molar-refractivity contribution in [3.8, 4) is 11.5 Å². The lowest BCUT2D eigenvalue weighted by Crippen LogP contribution is -2.40. The van der Waals surface area contributed by atoms with Gasteiger partial charge in [0.25, 0.3) is 11.7 Å². The monoisotopic (exact) mass is 455 g/mol. The van der Waals surface area contributed by atoms with Crippen molar-refractivity contribution in [2.45, 2.75) is 44.2 Å². The van der Waals surface area contributed by atoms with Crippen LogP contribution in [0.5, 0.6) is 11.5 Å². The molecule has 1 heterocycles. The highest BCUT2D eigenvalue weighted by Crippen LogP contribution is 2.46. The van der Waals surface area contributed by atoms with Gasteiger partial charge in [0.2, 0.25) is 0 Å². The predicted octanol–water partition coefficient (Wildman–Crippen LogP) is 5.11. The van der Waals surface area contributed by atoms with Gasteiger partial charge in [-0.1, -0.05) is 49.1 Å². The maximum Gasteiger partial charge on any atom is 0.295 e. The number of rotatable bonds is 5. The van der Waals surface area contributed by atoms with Crippen LogP contribution < -0.4 is 9.47 Å². The molecule has 168 valence electrons. The van der Waals surface area contributed by atoms with Gasteiger partial charge < -0.3 is 19.5 Å². The van der Waals surface area contributed by atoms with E-state index in [4.69, 9.17) is 21.1 Å². The molecule has 0 radical (unpaired) electrons. The Bertz CT molecular complexity index is 1070. The summed E-state index contributed by atoms with van der Waals surface area (Å²) >= 11 is 6.17.